The first-order chi connectivity index (χ1) is 15.1. The molecule has 2 fully saturated rings. The van der Waals surface area contributed by atoms with Crippen molar-refractivity contribution in [3.63, 3.8) is 0 Å². The Morgan fingerprint density at radius 1 is 1.23 bits per heavy atom. The topological polar surface area (TPSA) is 95.1 Å². The molecule has 2 aliphatic rings. The van der Waals surface area contributed by atoms with E-state index in [4.69, 9.17) is 5.73 Å². The summed E-state index contributed by atoms with van der Waals surface area (Å²) in [5.74, 6) is 1.29. The van der Waals surface area contributed by atoms with Crippen LogP contribution in [0.5, 0.6) is 0 Å². The van der Waals surface area contributed by atoms with Gasteiger partial charge in [0.15, 0.2) is 0 Å². The Morgan fingerprint density at radius 2 is 2.03 bits per heavy atom. The summed E-state index contributed by atoms with van der Waals surface area (Å²) in [6.45, 7) is 4.31. The molecule has 31 heavy (non-hydrogen) atoms. The van der Waals surface area contributed by atoms with Crippen LogP contribution < -0.4 is 10.5 Å². The highest BCUT2D eigenvalue weighted by Gasteiger charge is 2.34. The van der Waals surface area contributed by atoms with Crippen molar-refractivity contribution in [2.75, 3.05) is 31.6 Å². The number of nitrogens with two attached hydrogens (primary N) is 1. The Bertz CT molecular complexity index is 1060. The molecular formula is C23H30N6OS. The Balaban J connectivity index is 1.42. The fraction of sp³-hybridized carbons (Fsp3) is 0.478. The lowest BCUT2D eigenvalue weighted by Crippen LogP contribution is -2.35. The second-order valence-electron chi connectivity index (χ2n) is 8.88. The van der Waals surface area contributed by atoms with Crippen molar-refractivity contribution >= 4 is 28.2 Å². The fourth-order valence-corrected chi connectivity index (χ4v) is 5.42. The fourth-order valence-electron chi connectivity index (χ4n) is 5.05. The summed E-state index contributed by atoms with van der Waals surface area (Å²) in [7, 11) is 0. The zero-order valence-electron chi connectivity index (χ0n) is 18.0. The van der Waals surface area contributed by atoms with Gasteiger partial charge in [0, 0.05) is 35.7 Å². The van der Waals surface area contributed by atoms with Gasteiger partial charge in [-0.05, 0) is 61.9 Å². The van der Waals surface area contributed by atoms with Gasteiger partial charge in [0.1, 0.15) is 24.0 Å². The number of benzene rings is 1. The number of rotatable bonds is 7. The first kappa shape index (κ1) is 20.8. The number of hydrogen-bond donors (Lipinski definition) is 2. The average Bonchev–Trinajstić information content (AvgIpc) is 3.38. The number of anilines is 1. The van der Waals surface area contributed by atoms with Crippen molar-refractivity contribution in [2.45, 2.75) is 38.3 Å². The number of likely N-dealkylation sites (tertiary alicyclic amines) is 1. The van der Waals surface area contributed by atoms with Crippen LogP contribution in [0, 0.1) is 5.92 Å². The van der Waals surface area contributed by atoms with E-state index in [1.807, 2.05) is 12.1 Å². The molecule has 0 amide bonds. The lowest BCUT2D eigenvalue weighted by molar-refractivity contribution is 0.145. The number of nitrogens with zero attached hydrogens (tertiary/aromatic N) is 4. The van der Waals surface area contributed by atoms with Gasteiger partial charge in [0.2, 0.25) is 0 Å². The van der Waals surface area contributed by atoms with Crippen molar-refractivity contribution in [2.24, 2.45) is 5.92 Å². The van der Waals surface area contributed by atoms with Crippen molar-refractivity contribution in [1.29, 1.82) is 0 Å². The molecule has 1 aliphatic heterocycles. The molecule has 1 unspecified atom stereocenters. The molecule has 1 aromatic carbocycles. The monoisotopic (exact) mass is 438 g/mol. The largest absolute Gasteiger partial charge is 0.598 e. The first-order valence-electron chi connectivity index (χ1n) is 11.1. The highest BCUT2D eigenvalue weighted by molar-refractivity contribution is 7.88. The van der Waals surface area contributed by atoms with E-state index >= 15 is 0 Å². The molecule has 8 heteroatoms. The van der Waals surface area contributed by atoms with Crippen LogP contribution in [0.15, 0.2) is 36.8 Å². The molecule has 1 atom stereocenters. The van der Waals surface area contributed by atoms with E-state index < -0.39 is 11.4 Å². The molecular weight excluding hydrogens is 408 g/mol. The molecule has 2 aromatic heterocycles. The van der Waals surface area contributed by atoms with E-state index in [0.29, 0.717) is 18.4 Å². The quantitative estimate of drug-likeness (QED) is 0.551. The van der Waals surface area contributed by atoms with Crippen molar-refractivity contribution < 1.29 is 4.55 Å². The Labute approximate surface area is 186 Å². The van der Waals surface area contributed by atoms with Crippen LogP contribution in [0.1, 0.15) is 37.3 Å². The van der Waals surface area contributed by atoms with E-state index in [-0.39, 0.29) is 0 Å². The summed E-state index contributed by atoms with van der Waals surface area (Å²) >= 11 is -1.04. The molecule has 164 valence electrons. The standard InChI is InChI=1S/C23H30N6OS/c1-31(30)27-12-16-5-4-6-18(9-16)20-14-29(23-21(20)22(24)25-15-26-23)19-10-17(11-19)13-28-7-2-3-8-28/h4-6,9,14-15,17,19,27H,2-3,7-8,10-13H2,1H3,(H2,24,25,26)/t17-,19+,31?. The van der Waals surface area contributed by atoms with Gasteiger partial charge in [-0.3, -0.25) is 0 Å². The van der Waals surface area contributed by atoms with E-state index in [1.54, 1.807) is 12.6 Å². The lowest BCUT2D eigenvalue weighted by Gasteiger charge is -2.38. The molecule has 3 heterocycles. The Morgan fingerprint density at radius 3 is 2.81 bits per heavy atom. The van der Waals surface area contributed by atoms with Crippen molar-refractivity contribution in [1.82, 2.24) is 24.2 Å². The van der Waals surface area contributed by atoms with Gasteiger partial charge in [-0.1, -0.05) is 18.2 Å². The third-order valence-electron chi connectivity index (χ3n) is 6.68. The van der Waals surface area contributed by atoms with Gasteiger partial charge in [-0.2, -0.15) is 0 Å². The van der Waals surface area contributed by atoms with E-state index in [0.717, 1.165) is 33.6 Å². The van der Waals surface area contributed by atoms with Crippen molar-refractivity contribution in [3.05, 3.63) is 42.4 Å². The summed E-state index contributed by atoms with van der Waals surface area (Å²) in [6, 6.07) is 8.75. The predicted octanol–water partition coefficient (Wildman–Crippen LogP) is 3.11. The first-order valence-corrected chi connectivity index (χ1v) is 12.6. The zero-order valence-corrected chi connectivity index (χ0v) is 18.8. The number of nitrogens with one attached hydrogen (secondary N) is 1. The van der Waals surface area contributed by atoms with Gasteiger partial charge in [0.05, 0.1) is 11.9 Å². The molecule has 3 aromatic rings. The van der Waals surface area contributed by atoms with E-state index in [1.165, 1.54) is 45.3 Å². The minimum Gasteiger partial charge on any atom is -0.598 e. The second-order valence-corrected chi connectivity index (χ2v) is 10.1. The van der Waals surface area contributed by atoms with Gasteiger partial charge in [0.25, 0.3) is 0 Å². The Hall–Kier alpha value is -2.13. The maximum absolute atomic E-state index is 11.4. The average molecular weight is 439 g/mol. The molecule has 1 aliphatic carbocycles. The number of fused-ring (bicyclic) bond motifs is 1. The summed E-state index contributed by atoms with van der Waals surface area (Å²) < 4.78 is 16.7. The van der Waals surface area contributed by atoms with E-state index in [9.17, 15) is 4.55 Å². The molecule has 1 saturated heterocycles. The van der Waals surface area contributed by atoms with Crippen LogP contribution >= 0.6 is 0 Å². The van der Waals surface area contributed by atoms with Crippen LogP contribution in [0.3, 0.4) is 0 Å². The maximum atomic E-state index is 11.4. The van der Waals surface area contributed by atoms with Gasteiger partial charge < -0.3 is 19.8 Å². The molecule has 1 saturated carbocycles. The lowest BCUT2D eigenvalue weighted by atomic mass is 9.79. The van der Waals surface area contributed by atoms with Crippen LogP contribution in [-0.2, 0) is 17.9 Å². The number of hydrogen-bond acceptors (Lipinski definition) is 6. The van der Waals surface area contributed by atoms with Gasteiger partial charge in [-0.15, -0.1) is 4.72 Å². The molecule has 7 nitrogen and oxygen atoms in total. The maximum Gasteiger partial charge on any atom is 0.146 e. The SMILES string of the molecule is C[S+]([O-])NCc1cccc(-c2cn([C@H]3C[C@@H](CN4CCCC4)C3)c3ncnc(N)c23)c1. The van der Waals surface area contributed by atoms with Crippen molar-refractivity contribution in [3.8, 4) is 11.1 Å². The summed E-state index contributed by atoms with van der Waals surface area (Å²) in [4.78, 5) is 11.5. The number of aromatic nitrogens is 3. The van der Waals surface area contributed by atoms with Crippen LogP contribution in [0.25, 0.3) is 22.2 Å². The predicted molar refractivity (Wildman–Crippen MR) is 126 cm³/mol. The minimum absolute atomic E-state index is 0.463. The summed E-state index contributed by atoms with van der Waals surface area (Å²) in [5.41, 5.74) is 10.5. The van der Waals surface area contributed by atoms with Crippen LogP contribution in [0.2, 0.25) is 0 Å². The minimum atomic E-state index is -1.04. The molecule has 3 N–H and O–H groups in total. The van der Waals surface area contributed by atoms with Gasteiger partial charge >= 0.3 is 0 Å². The summed E-state index contributed by atoms with van der Waals surface area (Å²) in [5, 5.41) is 0.926. The third kappa shape index (κ3) is 4.30. The molecule has 0 spiro atoms. The number of nitrogen functional groups attached to an aromatic ring is 1. The second kappa shape index (κ2) is 8.78. The Kier molecular flexibility index (Phi) is 5.88. The smallest absolute Gasteiger partial charge is 0.146 e. The third-order valence-corrected chi connectivity index (χ3v) is 7.23. The van der Waals surface area contributed by atoms with E-state index in [2.05, 4.69) is 42.5 Å². The highest BCUT2D eigenvalue weighted by atomic mass is 32.2. The van der Waals surface area contributed by atoms with Crippen LogP contribution in [0.4, 0.5) is 5.82 Å². The normalized spacial score (nSPS) is 22.6. The zero-order chi connectivity index (χ0) is 21.4. The molecule has 5 rings (SSSR count). The van der Waals surface area contributed by atoms with Gasteiger partial charge in [-0.25, -0.2) is 9.97 Å². The highest BCUT2D eigenvalue weighted by Crippen LogP contribution is 2.43. The molecule has 0 radical (unpaired) electrons. The van der Waals surface area contributed by atoms with Crippen LogP contribution in [-0.4, -0.2) is 49.9 Å². The molecule has 0 bridgehead atoms. The summed E-state index contributed by atoms with van der Waals surface area (Å²) in [6.07, 6.45) is 10.5.